The largest absolute Gasteiger partial charge is 0.497 e. The number of methoxy groups -OCH3 is 1. The predicted molar refractivity (Wildman–Crippen MR) is 107 cm³/mol. The lowest BCUT2D eigenvalue weighted by atomic mass is 10.2. The van der Waals surface area contributed by atoms with E-state index in [9.17, 15) is 14.4 Å². The SMILES string of the molecule is CCCn1c(=O)n(CC(=O)OCC)c(=O)c2c1ncn2Cc1ccc(OC)cc1. The van der Waals surface area contributed by atoms with Crippen molar-refractivity contribution in [1.82, 2.24) is 18.7 Å². The quantitative estimate of drug-likeness (QED) is 0.530. The molecule has 0 unspecified atom stereocenters. The van der Waals surface area contributed by atoms with Crippen LogP contribution < -0.4 is 16.0 Å². The number of aryl methyl sites for hydroxylation is 1. The van der Waals surface area contributed by atoms with Crippen LogP contribution in [0.5, 0.6) is 5.75 Å². The van der Waals surface area contributed by atoms with Crippen LogP contribution >= 0.6 is 0 Å². The Balaban J connectivity index is 2.12. The van der Waals surface area contributed by atoms with Crippen molar-refractivity contribution in [3.05, 3.63) is 57.0 Å². The van der Waals surface area contributed by atoms with Gasteiger partial charge >= 0.3 is 11.7 Å². The van der Waals surface area contributed by atoms with Crippen LogP contribution in [0.2, 0.25) is 0 Å². The van der Waals surface area contributed by atoms with E-state index in [0.717, 1.165) is 15.9 Å². The highest BCUT2D eigenvalue weighted by Gasteiger charge is 2.19. The molecule has 0 radical (unpaired) electrons. The average Bonchev–Trinajstić information content (AvgIpc) is 3.13. The summed E-state index contributed by atoms with van der Waals surface area (Å²) < 4.78 is 14.1. The highest BCUT2D eigenvalue weighted by Crippen LogP contribution is 2.14. The Kier molecular flexibility index (Phi) is 6.16. The summed E-state index contributed by atoms with van der Waals surface area (Å²) in [4.78, 5) is 42.2. The lowest BCUT2D eigenvalue weighted by Crippen LogP contribution is -2.42. The summed E-state index contributed by atoms with van der Waals surface area (Å²) in [5.74, 6) is 0.105. The molecule has 0 aliphatic carbocycles. The number of nitrogens with zero attached hydrogens (tertiary/aromatic N) is 4. The van der Waals surface area contributed by atoms with E-state index >= 15 is 0 Å². The van der Waals surface area contributed by atoms with Crippen molar-refractivity contribution in [2.45, 2.75) is 39.9 Å². The number of aromatic nitrogens is 4. The number of carbonyl (C=O) groups excluding carboxylic acids is 1. The normalized spacial score (nSPS) is 11.0. The average molecular weight is 400 g/mol. The van der Waals surface area contributed by atoms with Gasteiger partial charge in [0.25, 0.3) is 5.56 Å². The van der Waals surface area contributed by atoms with Crippen LogP contribution in [-0.4, -0.2) is 38.4 Å². The molecule has 0 spiro atoms. The van der Waals surface area contributed by atoms with Gasteiger partial charge in [0.1, 0.15) is 12.3 Å². The van der Waals surface area contributed by atoms with Crippen LogP contribution in [0.15, 0.2) is 40.2 Å². The summed E-state index contributed by atoms with van der Waals surface area (Å²) in [6, 6.07) is 7.45. The molecule has 29 heavy (non-hydrogen) atoms. The van der Waals surface area contributed by atoms with Crippen molar-refractivity contribution in [1.29, 1.82) is 0 Å². The Morgan fingerprint density at radius 2 is 1.83 bits per heavy atom. The number of hydrogen-bond acceptors (Lipinski definition) is 6. The fraction of sp³-hybridized carbons (Fsp3) is 0.400. The molecule has 9 heteroatoms. The molecule has 0 atom stereocenters. The molecule has 154 valence electrons. The summed E-state index contributed by atoms with van der Waals surface area (Å²) in [6.45, 7) is 4.11. The second-order valence-corrected chi connectivity index (χ2v) is 6.52. The van der Waals surface area contributed by atoms with Crippen molar-refractivity contribution in [2.75, 3.05) is 13.7 Å². The highest BCUT2D eigenvalue weighted by atomic mass is 16.5. The van der Waals surface area contributed by atoms with Crippen LogP contribution in [0.25, 0.3) is 11.2 Å². The van der Waals surface area contributed by atoms with Crippen molar-refractivity contribution in [3.63, 3.8) is 0 Å². The van der Waals surface area contributed by atoms with Gasteiger partial charge < -0.3 is 14.0 Å². The molecular weight excluding hydrogens is 376 g/mol. The molecule has 1 aromatic carbocycles. The summed E-state index contributed by atoms with van der Waals surface area (Å²) in [6.07, 6.45) is 2.22. The zero-order valence-electron chi connectivity index (χ0n) is 16.8. The van der Waals surface area contributed by atoms with Gasteiger partial charge in [-0.3, -0.25) is 14.2 Å². The molecule has 0 saturated carbocycles. The Morgan fingerprint density at radius 1 is 1.10 bits per heavy atom. The first kappa shape index (κ1) is 20.4. The van der Waals surface area contributed by atoms with Crippen LogP contribution in [0.3, 0.4) is 0 Å². The van der Waals surface area contributed by atoms with Crippen molar-refractivity contribution >= 4 is 17.1 Å². The van der Waals surface area contributed by atoms with Gasteiger partial charge in [-0.1, -0.05) is 19.1 Å². The second kappa shape index (κ2) is 8.76. The fourth-order valence-corrected chi connectivity index (χ4v) is 3.19. The number of ether oxygens (including phenoxy) is 2. The van der Waals surface area contributed by atoms with Gasteiger partial charge in [-0.25, -0.2) is 14.3 Å². The first-order chi connectivity index (χ1) is 14.0. The van der Waals surface area contributed by atoms with Gasteiger partial charge in [0.15, 0.2) is 11.2 Å². The van der Waals surface area contributed by atoms with E-state index in [1.807, 2.05) is 31.2 Å². The lowest BCUT2D eigenvalue weighted by molar-refractivity contribution is -0.143. The molecule has 0 fully saturated rings. The van der Waals surface area contributed by atoms with E-state index in [-0.39, 0.29) is 12.1 Å². The maximum Gasteiger partial charge on any atom is 0.333 e. The predicted octanol–water partition coefficient (Wildman–Crippen LogP) is 1.39. The molecule has 3 rings (SSSR count). The van der Waals surface area contributed by atoms with Gasteiger partial charge in [0, 0.05) is 13.1 Å². The van der Waals surface area contributed by atoms with Crippen LogP contribution in [0, 0.1) is 0 Å². The number of fused-ring (bicyclic) bond motifs is 1. The summed E-state index contributed by atoms with van der Waals surface area (Å²) in [5, 5.41) is 0. The van der Waals surface area contributed by atoms with Gasteiger partial charge in [-0.15, -0.1) is 0 Å². The van der Waals surface area contributed by atoms with Gasteiger partial charge in [0.05, 0.1) is 20.0 Å². The molecular formula is C20H24N4O5. The topological polar surface area (TPSA) is 97.4 Å². The molecule has 0 aliphatic heterocycles. The van der Waals surface area contributed by atoms with Gasteiger partial charge in [-0.2, -0.15) is 0 Å². The highest BCUT2D eigenvalue weighted by molar-refractivity contribution is 5.72. The molecule has 0 N–H and O–H groups in total. The molecule has 0 bridgehead atoms. The maximum absolute atomic E-state index is 13.1. The minimum atomic E-state index is -0.629. The molecule has 2 heterocycles. The number of benzene rings is 1. The van der Waals surface area contributed by atoms with E-state index < -0.39 is 23.8 Å². The summed E-state index contributed by atoms with van der Waals surface area (Å²) in [5.41, 5.74) is 0.409. The Hall–Kier alpha value is -3.36. The van der Waals surface area contributed by atoms with Crippen LogP contribution in [0.1, 0.15) is 25.8 Å². The zero-order valence-corrected chi connectivity index (χ0v) is 16.8. The number of carbonyl (C=O) groups is 1. The maximum atomic E-state index is 13.1. The third-order valence-electron chi connectivity index (χ3n) is 4.54. The minimum Gasteiger partial charge on any atom is -0.497 e. The van der Waals surface area contributed by atoms with E-state index in [4.69, 9.17) is 9.47 Å². The van der Waals surface area contributed by atoms with Crippen molar-refractivity contribution in [3.8, 4) is 5.75 Å². The molecule has 0 amide bonds. The zero-order chi connectivity index (χ0) is 21.0. The minimum absolute atomic E-state index is 0.175. The van der Waals surface area contributed by atoms with E-state index in [1.54, 1.807) is 18.6 Å². The van der Waals surface area contributed by atoms with E-state index in [0.29, 0.717) is 25.2 Å². The van der Waals surface area contributed by atoms with Crippen molar-refractivity contribution < 1.29 is 14.3 Å². The number of esters is 1. The van der Waals surface area contributed by atoms with Gasteiger partial charge in [0.2, 0.25) is 0 Å². The van der Waals surface area contributed by atoms with Crippen molar-refractivity contribution in [2.24, 2.45) is 0 Å². The van der Waals surface area contributed by atoms with Gasteiger partial charge in [-0.05, 0) is 31.0 Å². The standard InChI is InChI=1S/C20H24N4O5/c1-4-10-23-18-17(19(26)24(20(23)27)12-16(25)29-5-2)22(13-21-18)11-14-6-8-15(28-3)9-7-14/h6-9,13H,4-5,10-12H2,1-3H3. The first-order valence-corrected chi connectivity index (χ1v) is 9.47. The third kappa shape index (κ3) is 4.08. The Bertz CT molecular complexity index is 1120. The van der Waals surface area contributed by atoms with E-state index in [2.05, 4.69) is 4.98 Å². The summed E-state index contributed by atoms with van der Waals surface area (Å²) >= 11 is 0. The molecule has 9 nitrogen and oxygen atoms in total. The smallest absolute Gasteiger partial charge is 0.333 e. The lowest BCUT2D eigenvalue weighted by Gasteiger charge is -2.12. The molecule has 3 aromatic rings. The van der Waals surface area contributed by atoms with E-state index in [1.165, 1.54) is 10.9 Å². The molecule has 0 saturated heterocycles. The number of rotatable bonds is 8. The van der Waals surface area contributed by atoms with Crippen LogP contribution in [-0.2, 0) is 29.2 Å². The second-order valence-electron chi connectivity index (χ2n) is 6.52. The summed E-state index contributed by atoms with van der Waals surface area (Å²) in [7, 11) is 1.59. The number of imidazole rings is 1. The Labute approximate surface area is 167 Å². The first-order valence-electron chi connectivity index (χ1n) is 9.47. The number of hydrogen-bond donors (Lipinski definition) is 0. The monoisotopic (exact) mass is 400 g/mol. The van der Waals surface area contributed by atoms with Crippen LogP contribution in [0.4, 0.5) is 0 Å². The fourth-order valence-electron chi connectivity index (χ4n) is 3.19. The molecule has 0 aliphatic rings. The molecule has 2 aromatic heterocycles. The Morgan fingerprint density at radius 3 is 2.45 bits per heavy atom. The third-order valence-corrected chi connectivity index (χ3v) is 4.54.